The Morgan fingerprint density at radius 3 is 2.50 bits per heavy atom. The van der Waals surface area contributed by atoms with Gasteiger partial charge in [0.2, 0.25) is 5.91 Å². The van der Waals surface area contributed by atoms with Gasteiger partial charge in [0.15, 0.2) is 0 Å². The predicted octanol–water partition coefficient (Wildman–Crippen LogP) is 2.98. The van der Waals surface area contributed by atoms with Crippen molar-refractivity contribution in [2.75, 3.05) is 0 Å². The van der Waals surface area contributed by atoms with Gasteiger partial charge in [-0.1, -0.05) is 43.9 Å². The Kier molecular flexibility index (Phi) is 5.09. The fourth-order valence-corrected chi connectivity index (χ4v) is 2.71. The SMILES string of the molecule is O=C(Cc1ccccc1[N+](=O)[O-])NC1CCCCCC1. The average Bonchev–Trinajstić information content (AvgIpc) is 2.67. The Labute approximate surface area is 118 Å². The van der Waals surface area contributed by atoms with E-state index in [4.69, 9.17) is 0 Å². The molecule has 0 atom stereocenters. The number of rotatable bonds is 4. The van der Waals surface area contributed by atoms with Crippen molar-refractivity contribution in [3.8, 4) is 0 Å². The van der Waals surface area contributed by atoms with E-state index in [-0.39, 0.29) is 24.1 Å². The van der Waals surface area contributed by atoms with Crippen molar-refractivity contribution >= 4 is 11.6 Å². The number of carbonyl (C=O) groups is 1. The average molecular weight is 276 g/mol. The molecular formula is C15H20N2O3. The number of nitrogens with zero attached hydrogens (tertiary/aromatic N) is 1. The highest BCUT2D eigenvalue weighted by Gasteiger charge is 2.18. The van der Waals surface area contributed by atoms with Gasteiger partial charge >= 0.3 is 0 Å². The third-order valence-corrected chi connectivity index (χ3v) is 3.76. The first-order chi connectivity index (χ1) is 9.66. The van der Waals surface area contributed by atoms with Gasteiger partial charge < -0.3 is 5.32 Å². The molecule has 1 aromatic carbocycles. The molecule has 0 bridgehead atoms. The molecule has 0 aliphatic heterocycles. The molecule has 1 fully saturated rings. The Hall–Kier alpha value is -1.91. The third kappa shape index (κ3) is 4.05. The summed E-state index contributed by atoms with van der Waals surface area (Å²) in [4.78, 5) is 22.5. The zero-order valence-corrected chi connectivity index (χ0v) is 11.5. The van der Waals surface area contributed by atoms with Crippen LogP contribution in [0.15, 0.2) is 24.3 Å². The second kappa shape index (κ2) is 7.03. The van der Waals surface area contributed by atoms with Gasteiger partial charge in [0.05, 0.1) is 11.3 Å². The highest BCUT2D eigenvalue weighted by Crippen LogP contribution is 2.20. The molecule has 108 valence electrons. The molecule has 0 unspecified atom stereocenters. The molecule has 1 aliphatic rings. The normalized spacial score (nSPS) is 16.4. The van der Waals surface area contributed by atoms with E-state index < -0.39 is 4.92 Å². The minimum atomic E-state index is -0.436. The van der Waals surface area contributed by atoms with Gasteiger partial charge in [0.1, 0.15) is 0 Å². The number of amides is 1. The van der Waals surface area contributed by atoms with Crippen LogP contribution in [0.4, 0.5) is 5.69 Å². The second-order valence-corrected chi connectivity index (χ2v) is 5.32. The molecule has 20 heavy (non-hydrogen) atoms. The van der Waals surface area contributed by atoms with Crippen molar-refractivity contribution in [1.82, 2.24) is 5.32 Å². The Bertz CT molecular complexity index is 480. The zero-order valence-electron chi connectivity index (χ0n) is 11.5. The lowest BCUT2D eigenvalue weighted by Crippen LogP contribution is -2.35. The van der Waals surface area contributed by atoms with E-state index in [9.17, 15) is 14.9 Å². The molecular weight excluding hydrogens is 256 g/mol. The third-order valence-electron chi connectivity index (χ3n) is 3.76. The second-order valence-electron chi connectivity index (χ2n) is 5.32. The first-order valence-electron chi connectivity index (χ1n) is 7.18. The van der Waals surface area contributed by atoms with Crippen molar-refractivity contribution in [2.45, 2.75) is 51.0 Å². The Morgan fingerprint density at radius 2 is 1.85 bits per heavy atom. The molecule has 1 saturated carbocycles. The van der Waals surface area contributed by atoms with Crippen LogP contribution < -0.4 is 5.32 Å². The van der Waals surface area contributed by atoms with Crippen molar-refractivity contribution < 1.29 is 9.72 Å². The van der Waals surface area contributed by atoms with E-state index in [0.717, 1.165) is 25.7 Å². The summed E-state index contributed by atoms with van der Waals surface area (Å²) in [5.74, 6) is -0.119. The molecule has 0 spiro atoms. The number of hydrogen-bond donors (Lipinski definition) is 1. The maximum absolute atomic E-state index is 12.0. The summed E-state index contributed by atoms with van der Waals surface area (Å²) in [6.45, 7) is 0. The van der Waals surface area contributed by atoms with Crippen molar-refractivity contribution in [2.24, 2.45) is 0 Å². The quantitative estimate of drug-likeness (QED) is 0.522. The molecule has 0 radical (unpaired) electrons. The van der Waals surface area contributed by atoms with Crippen LogP contribution in [0.25, 0.3) is 0 Å². The number of hydrogen-bond acceptors (Lipinski definition) is 3. The minimum absolute atomic E-state index is 0.0171. The molecule has 1 N–H and O–H groups in total. The number of carbonyl (C=O) groups excluding carboxylic acids is 1. The molecule has 0 aromatic heterocycles. The van der Waals surface area contributed by atoms with E-state index in [2.05, 4.69) is 5.32 Å². The largest absolute Gasteiger partial charge is 0.353 e. The van der Waals surface area contributed by atoms with Crippen molar-refractivity contribution in [1.29, 1.82) is 0 Å². The van der Waals surface area contributed by atoms with Gasteiger partial charge in [-0.15, -0.1) is 0 Å². The smallest absolute Gasteiger partial charge is 0.273 e. The number of para-hydroxylation sites is 1. The first kappa shape index (κ1) is 14.5. The van der Waals surface area contributed by atoms with Crippen LogP contribution in [0.1, 0.15) is 44.1 Å². The number of nitro benzene ring substituents is 1. The topological polar surface area (TPSA) is 72.2 Å². The molecule has 1 amide bonds. The molecule has 0 heterocycles. The first-order valence-corrected chi connectivity index (χ1v) is 7.18. The lowest BCUT2D eigenvalue weighted by Gasteiger charge is -2.16. The number of nitrogens with one attached hydrogen (secondary N) is 1. The highest BCUT2D eigenvalue weighted by molar-refractivity contribution is 5.80. The van der Waals surface area contributed by atoms with Crippen LogP contribution in [-0.2, 0) is 11.2 Å². The summed E-state index contributed by atoms with van der Waals surface area (Å²) in [6, 6.07) is 6.65. The van der Waals surface area contributed by atoms with E-state index in [1.807, 2.05) is 0 Å². The van der Waals surface area contributed by atoms with Gasteiger partial charge in [-0.3, -0.25) is 14.9 Å². The summed E-state index contributed by atoms with van der Waals surface area (Å²) >= 11 is 0. The summed E-state index contributed by atoms with van der Waals surface area (Å²) in [7, 11) is 0. The highest BCUT2D eigenvalue weighted by atomic mass is 16.6. The van der Waals surface area contributed by atoms with Crippen molar-refractivity contribution in [3.63, 3.8) is 0 Å². The Balaban J connectivity index is 1.95. The van der Waals surface area contributed by atoms with E-state index in [1.54, 1.807) is 18.2 Å². The van der Waals surface area contributed by atoms with Gasteiger partial charge in [0.25, 0.3) is 5.69 Å². The van der Waals surface area contributed by atoms with Crippen LogP contribution in [0, 0.1) is 10.1 Å². The summed E-state index contributed by atoms with van der Waals surface area (Å²) in [5, 5.41) is 13.9. The minimum Gasteiger partial charge on any atom is -0.353 e. The van der Waals surface area contributed by atoms with E-state index in [0.29, 0.717) is 5.56 Å². The van der Waals surface area contributed by atoms with E-state index in [1.165, 1.54) is 18.9 Å². The predicted molar refractivity (Wildman–Crippen MR) is 76.4 cm³/mol. The van der Waals surface area contributed by atoms with Gasteiger partial charge in [0, 0.05) is 17.7 Å². The summed E-state index contributed by atoms with van der Waals surface area (Å²) < 4.78 is 0. The van der Waals surface area contributed by atoms with Gasteiger partial charge in [-0.05, 0) is 12.8 Å². The lowest BCUT2D eigenvalue weighted by molar-refractivity contribution is -0.385. The molecule has 5 nitrogen and oxygen atoms in total. The van der Waals surface area contributed by atoms with E-state index >= 15 is 0 Å². The van der Waals surface area contributed by atoms with Gasteiger partial charge in [-0.25, -0.2) is 0 Å². The number of benzene rings is 1. The van der Waals surface area contributed by atoms with Gasteiger partial charge in [-0.2, -0.15) is 0 Å². The van der Waals surface area contributed by atoms with Crippen LogP contribution in [0.2, 0.25) is 0 Å². The summed E-state index contributed by atoms with van der Waals surface area (Å²) in [5.41, 5.74) is 0.493. The van der Waals surface area contributed by atoms with Crippen LogP contribution in [0.3, 0.4) is 0 Å². The number of nitro groups is 1. The van der Waals surface area contributed by atoms with Crippen LogP contribution >= 0.6 is 0 Å². The van der Waals surface area contributed by atoms with Crippen LogP contribution in [-0.4, -0.2) is 16.9 Å². The fourth-order valence-electron chi connectivity index (χ4n) is 2.71. The lowest BCUT2D eigenvalue weighted by atomic mass is 10.1. The van der Waals surface area contributed by atoms with Crippen LogP contribution in [0.5, 0.6) is 0 Å². The molecule has 1 aliphatic carbocycles. The Morgan fingerprint density at radius 1 is 1.20 bits per heavy atom. The summed E-state index contributed by atoms with van der Waals surface area (Å²) in [6.07, 6.45) is 6.87. The zero-order chi connectivity index (χ0) is 14.4. The molecule has 2 rings (SSSR count). The standard InChI is InChI=1S/C15H20N2O3/c18-15(16-13-8-3-1-2-4-9-13)11-12-7-5-6-10-14(12)17(19)20/h5-7,10,13H,1-4,8-9,11H2,(H,16,18). The molecule has 0 saturated heterocycles. The molecule has 1 aromatic rings. The molecule has 5 heteroatoms. The monoisotopic (exact) mass is 276 g/mol. The maximum atomic E-state index is 12.0. The van der Waals surface area contributed by atoms with Crippen molar-refractivity contribution in [3.05, 3.63) is 39.9 Å². The fraction of sp³-hybridized carbons (Fsp3) is 0.533. The maximum Gasteiger partial charge on any atom is 0.273 e.